The Hall–Kier alpha value is -0.200. The fraction of sp³-hybridized carbons (Fsp3) is 1.00. The van der Waals surface area contributed by atoms with Crippen LogP contribution in [0.15, 0.2) is 0 Å². The quantitative estimate of drug-likeness (QED) is 0.632. The van der Waals surface area contributed by atoms with Gasteiger partial charge in [-0.3, -0.25) is 0 Å². The molecule has 0 amide bonds. The minimum atomic E-state index is -0.892. The summed E-state index contributed by atoms with van der Waals surface area (Å²) in [5.41, 5.74) is 0. The van der Waals surface area contributed by atoms with E-state index in [4.69, 9.17) is 9.47 Å². The van der Waals surface area contributed by atoms with Gasteiger partial charge in [-0.1, -0.05) is 13.8 Å². The van der Waals surface area contributed by atoms with E-state index < -0.39 is 30.7 Å². The Kier molecular flexibility index (Phi) is 5.14. The summed E-state index contributed by atoms with van der Waals surface area (Å²) >= 11 is 0. The van der Waals surface area contributed by atoms with Crippen LogP contribution >= 0.6 is 0 Å². The third-order valence-corrected chi connectivity index (χ3v) is 3.13. The average Bonchev–Trinajstić information content (AvgIpc) is 2.29. The summed E-state index contributed by atoms with van der Waals surface area (Å²) in [7, 11) is 0. The molecule has 0 spiro atoms. The Balaban J connectivity index is 2.60. The summed E-state index contributed by atoms with van der Waals surface area (Å²) in [5, 5.41) is 29.4. The topological polar surface area (TPSA) is 79.2 Å². The summed E-state index contributed by atoms with van der Waals surface area (Å²) in [4.78, 5) is 0. The standard InChI is InChI=1S/C11H22O5/c1-4-8(12)6(2)10(14)11-9(13)5-15-7(3)16-11/h6-14H,4-5H2,1-3H3/t6?,7?,8-,9+,10+,11+/m0/s1. The van der Waals surface area contributed by atoms with Crippen LogP contribution in [0.5, 0.6) is 0 Å². The van der Waals surface area contributed by atoms with Gasteiger partial charge in [-0.25, -0.2) is 0 Å². The van der Waals surface area contributed by atoms with E-state index in [1.807, 2.05) is 6.92 Å². The zero-order chi connectivity index (χ0) is 12.3. The number of rotatable bonds is 4. The van der Waals surface area contributed by atoms with Crippen LogP contribution in [0.4, 0.5) is 0 Å². The van der Waals surface area contributed by atoms with Crippen LogP contribution in [0.25, 0.3) is 0 Å². The number of hydrogen-bond acceptors (Lipinski definition) is 5. The maximum Gasteiger partial charge on any atom is 0.155 e. The third kappa shape index (κ3) is 3.15. The monoisotopic (exact) mass is 234 g/mol. The molecule has 1 heterocycles. The van der Waals surface area contributed by atoms with Crippen LogP contribution in [0.1, 0.15) is 27.2 Å². The van der Waals surface area contributed by atoms with Crippen LogP contribution in [0, 0.1) is 5.92 Å². The van der Waals surface area contributed by atoms with E-state index in [2.05, 4.69) is 0 Å². The van der Waals surface area contributed by atoms with E-state index in [1.165, 1.54) is 0 Å². The molecule has 6 atom stereocenters. The minimum absolute atomic E-state index is 0.151. The first-order chi connectivity index (χ1) is 7.47. The Bertz CT molecular complexity index is 211. The first kappa shape index (κ1) is 13.9. The highest BCUT2D eigenvalue weighted by Gasteiger charge is 2.38. The van der Waals surface area contributed by atoms with Crippen LogP contribution in [-0.2, 0) is 9.47 Å². The highest BCUT2D eigenvalue weighted by molar-refractivity contribution is 4.85. The Morgan fingerprint density at radius 2 is 2.00 bits per heavy atom. The minimum Gasteiger partial charge on any atom is -0.393 e. The molecule has 0 aromatic carbocycles. The molecule has 0 aliphatic carbocycles. The molecule has 0 bridgehead atoms. The lowest BCUT2D eigenvalue weighted by Gasteiger charge is -2.38. The van der Waals surface area contributed by atoms with Crippen molar-refractivity contribution >= 4 is 0 Å². The lowest BCUT2D eigenvalue weighted by molar-refractivity contribution is -0.271. The second-order valence-corrected chi connectivity index (χ2v) is 4.39. The zero-order valence-corrected chi connectivity index (χ0v) is 10.0. The highest BCUT2D eigenvalue weighted by Crippen LogP contribution is 2.23. The fourth-order valence-corrected chi connectivity index (χ4v) is 1.89. The normalized spacial score (nSPS) is 36.8. The molecule has 1 saturated heterocycles. The summed E-state index contributed by atoms with van der Waals surface area (Å²) < 4.78 is 10.4. The van der Waals surface area contributed by atoms with Crippen LogP contribution in [-0.4, -0.2) is 52.6 Å². The van der Waals surface area contributed by atoms with Gasteiger partial charge in [-0.15, -0.1) is 0 Å². The van der Waals surface area contributed by atoms with E-state index in [9.17, 15) is 15.3 Å². The molecule has 0 aromatic rings. The molecule has 1 aliphatic heterocycles. The molecule has 1 fully saturated rings. The van der Waals surface area contributed by atoms with Crippen molar-refractivity contribution in [2.75, 3.05) is 6.61 Å². The van der Waals surface area contributed by atoms with E-state index in [0.717, 1.165) is 0 Å². The first-order valence-electron chi connectivity index (χ1n) is 5.78. The molecule has 0 radical (unpaired) electrons. The van der Waals surface area contributed by atoms with Gasteiger partial charge < -0.3 is 24.8 Å². The number of aliphatic hydroxyl groups excluding tert-OH is 3. The molecule has 96 valence electrons. The number of hydrogen-bond donors (Lipinski definition) is 3. The van der Waals surface area contributed by atoms with E-state index in [-0.39, 0.29) is 12.5 Å². The number of aliphatic hydroxyl groups is 3. The van der Waals surface area contributed by atoms with Gasteiger partial charge in [0.25, 0.3) is 0 Å². The lowest BCUT2D eigenvalue weighted by atomic mass is 9.90. The molecule has 16 heavy (non-hydrogen) atoms. The van der Waals surface area contributed by atoms with E-state index in [1.54, 1.807) is 13.8 Å². The lowest BCUT2D eigenvalue weighted by Crippen LogP contribution is -2.52. The smallest absolute Gasteiger partial charge is 0.155 e. The summed E-state index contributed by atoms with van der Waals surface area (Å²) in [5.74, 6) is -0.338. The second-order valence-electron chi connectivity index (χ2n) is 4.39. The van der Waals surface area contributed by atoms with Crippen LogP contribution in [0.2, 0.25) is 0 Å². The molecule has 1 rings (SSSR count). The van der Waals surface area contributed by atoms with Gasteiger partial charge in [0.2, 0.25) is 0 Å². The first-order valence-corrected chi connectivity index (χ1v) is 5.78. The van der Waals surface area contributed by atoms with Gasteiger partial charge in [0.15, 0.2) is 6.29 Å². The van der Waals surface area contributed by atoms with Crippen molar-refractivity contribution < 1.29 is 24.8 Å². The third-order valence-electron chi connectivity index (χ3n) is 3.13. The van der Waals surface area contributed by atoms with Crippen molar-refractivity contribution in [3.05, 3.63) is 0 Å². The predicted octanol–water partition coefficient (Wildman–Crippen LogP) is -0.123. The van der Waals surface area contributed by atoms with Gasteiger partial charge in [0.05, 0.1) is 18.8 Å². The van der Waals surface area contributed by atoms with Gasteiger partial charge in [0, 0.05) is 5.92 Å². The molecule has 5 heteroatoms. The summed E-state index contributed by atoms with van der Waals surface area (Å²) in [6.07, 6.45) is -2.90. The fourth-order valence-electron chi connectivity index (χ4n) is 1.89. The maximum atomic E-state index is 10.0. The molecule has 3 N–H and O–H groups in total. The molecular weight excluding hydrogens is 212 g/mol. The van der Waals surface area contributed by atoms with E-state index >= 15 is 0 Å². The van der Waals surface area contributed by atoms with Crippen molar-refractivity contribution in [2.45, 2.75) is 57.9 Å². The predicted molar refractivity (Wildman–Crippen MR) is 57.8 cm³/mol. The maximum absolute atomic E-state index is 10.0. The van der Waals surface area contributed by atoms with E-state index in [0.29, 0.717) is 6.42 Å². The van der Waals surface area contributed by atoms with Crippen molar-refractivity contribution in [1.82, 2.24) is 0 Å². The van der Waals surface area contributed by atoms with Crippen LogP contribution < -0.4 is 0 Å². The largest absolute Gasteiger partial charge is 0.393 e. The van der Waals surface area contributed by atoms with Crippen molar-refractivity contribution in [2.24, 2.45) is 5.92 Å². The van der Waals surface area contributed by atoms with Crippen molar-refractivity contribution in [1.29, 1.82) is 0 Å². The SMILES string of the molecule is CC[C@H](O)C(C)[C@@H](O)[C@@H]1OC(C)OC[C@H]1O. The summed E-state index contributed by atoms with van der Waals surface area (Å²) in [6.45, 7) is 5.46. The second kappa shape index (κ2) is 5.93. The number of ether oxygens (including phenoxy) is 2. The van der Waals surface area contributed by atoms with Gasteiger partial charge in [0.1, 0.15) is 12.2 Å². The van der Waals surface area contributed by atoms with Gasteiger partial charge in [-0.05, 0) is 13.3 Å². The van der Waals surface area contributed by atoms with Crippen LogP contribution in [0.3, 0.4) is 0 Å². The van der Waals surface area contributed by atoms with Gasteiger partial charge in [-0.2, -0.15) is 0 Å². The molecule has 0 aromatic heterocycles. The Labute approximate surface area is 96.0 Å². The Morgan fingerprint density at radius 3 is 2.56 bits per heavy atom. The van der Waals surface area contributed by atoms with Crippen molar-refractivity contribution in [3.8, 4) is 0 Å². The molecule has 1 aliphatic rings. The highest BCUT2D eigenvalue weighted by atomic mass is 16.7. The molecule has 0 saturated carbocycles. The average molecular weight is 234 g/mol. The Morgan fingerprint density at radius 1 is 1.38 bits per heavy atom. The van der Waals surface area contributed by atoms with Crippen molar-refractivity contribution in [3.63, 3.8) is 0 Å². The molecule has 5 nitrogen and oxygen atoms in total. The van der Waals surface area contributed by atoms with Gasteiger partial charge >= 0.3 is 0 Å². The molecular formula is C11H22O5. The zero-order valence-electron chi connectivity index (χ0n) is 10.0. The summed E-state index contributed by atoms with van der Waals surface area (Å²) in [6, 6.07) is 0. The molecule has 2 unspecified atom stereocenters.